The fourth-order valence-electron chi connectivity index (χ4n) is 1.06. The molecule has 0 aromatic carbocycles. The van der Waals surface area contributed by atoms with Crippen molar-refractivity contribution in [2.75, 3.05) is 0 Å². The van der Waals surface area contributed by atoms with Crippen molar-refractivity contribution in [2.45, 2.75) is 56.5 Å². The van der Waals surface area contributed by atoms with Crippen LogP contribution in [-0.4, -0.2) is 42.2 Å². The van der Waals surface area contributed by atoms with Gasteiger partial charge in [0.15, 0.2) is 0 Å². The van der Waals surface area contributed by atoms with Crippen LogP contribution in [0.3, 0.4) is 0 Å². The standard InChI is InChI=1S/C10H10F11NO2/c1-3-4(2)22-5(23)6(11,8(14,15)16)24-10(20,21)7(12,13)9(17,18)19/h4H,3H2,1-2H3,(H,22,23)/t4-,6-/m0/s1. The number of carbonyl (C=O) groups is 1. The van der Waals surface area contributed by atoms with E-state index in [2.05, 4.69) is 4.74 Å². The van der Waals surface area contributed by atoms with Crippen LogP contribution in [0.1, 0.15) is 20.3 Å². The molecule has 0 aliphatic rings. The van der Waals surface area contributed by atoms with Gasteiger partial charge in [-0.15, -0.1) is 0 Å². The maximum atomic E-state index is 13.7. The number of amides is 1. The van der Waals surface area contributed by atoms with Gasteiger partial charge in [-0.3, -0.25) is 9.53 Å². The zero-order valence-corrected chi connectivity index (χ0v) is 11.8. The molecule has 0 rings (SSSR count). The molecule has 0 radical (unpaired) electrons. The monoisotopic (exact) mass is 385 g/mol. The Morgan fingerprint density at radius 1 is 0.917 bits per heavy atom. The largest absolute Gasteiger partial charge is 0.462 e. The third kappa shape index (κ3) is 4.19. The minimum Gasteiger partial charge on any atom is -0.348 e. The van der Waals surface area contributed by atoms with Crippen LogP contribution in [0.5, 0.6) is 0 Å². The Morgan fingerprint density at radius 3 is 1.62 bits per heavy atom. The minimum atomic E-state index is -7.20. The van der Waals surface area contributed by atoms with Crippen LogP contribution < -0.4 is 5.32 Å². The number of alkyl halides is 11. The van der Waals surface area contributed by atoms with Crippen molar-refractivity contribution >= 4 is 5.91 Å². The summed E-state index contributed by atoms with van der Waals surface area (Å²) in [5, 5.41) is 1.17. The predicted molar refractivity (Wildman–Crippen MR) is 54.8 cm³/mol. The van der Waals surface area contributed by atoms with E-state index in [0.29, 0.717) is 0 Å². The quantitative estimate of drug-likeness (QED) is 0.704. The first-order chi connectivity index (χ1) is 10.3. The Bertz CT molecular complexity index is 459. The summed E-state index contributed by atoms with van der Waals surface area (Å²) < 4.78 is 140. The fraction of sp³-hybridized carbons (Fsp3) is 0.900. The van der Waals surface area contributed by atoms with E-state index < -0.39 is 42.2 Å². The molecule has 0 aromatic rings. The normalized spacial score (nSPS) is 18.0. The molecule has 1 amide bonds. The van der Waals surface area contributed by atoms with Gasteiger partial charge in [0, 0.05) is 6.04 Å². The van der Waals surface area contributed by atoms with E-state index in [1.165, 1.54) is 12.2 Å². The van der Waals surface area contributed by atoms with Gasteiger partial charge in [0.25, 0.3) is 5.91 Å². The number of rotatable bonds is 6. The lowest BCUT2D eigenvalue weighted by molar-refractivity contribution is -0.473. The van der Waals surface area contributed by atoms with Crippen LogP contribution in [0.25, 0.3) is 0 Å². The highest BCUT2D eigenvalue weighted by molar-refractivity contribution is 5.84. The van der Waals surface area contributed by atoms with Gasteiger partial charge in [-0.25, -0.2) is 0 Å². The third-order valence-electron chi connectivity index (χ3n) is 2.64. The van der Waals surface area contributed by atoms with Gasteiger partial charge in [0.1, 0.15) is 0 Å². The van der Waals surface area contributed by atoms with Crippen molar-refractivity contribution in [3.8, 4) is 0 Å². The van der Waals surface area contributed by atoms with Gasteiger partial charge in [0.2, 0.25) is 0 Å². The molecule has 0 aliphatic heterocycles. The first-order valence-corrected chi connectivity index (χ1v) is 5.92. The first-order valence-electron chi connectivity index (χ1n) is 5.92. The minimum absolute atomic E-state index is 0.144. The Balaban J connectivity index is 5.87. The van der Waals surface area contributed by atoms with Gasteiger partial charge >= 0.3 is 30.2 Å². The number of hydrogen-bond donors (Lipinski definition) is 1. The first kappa shape index (κ1) is 22.7. The highest BCUT2D eigenvalue weighted by atomic mass is 19.4. The summed E-state index contributed by atoms with van der Waals surface area (Å²) in [5.41, 5.74) is 0. The second-order valence-electron chi connectivity index (χ2n) is 4.57. The fourth-order valence-corrected chi connectivity index (χ4v) is 1.06. The van der Waals surface area contributed by atoms with Crippen LogP contribution in [0, 0.1) is 0 Å². The molecular weight excluding hydrogens is 375 g/mol. The van der Waals surface area contributed by atoms with Gasteiger partial charge in [-0.05, 0) is 13.3 Å². The van der Waals surface area contributed by atoms with Crippen molar-refractivity contribution in [1.82, 2.24) is 5.32 Å². The lowest BCUT2D eigenvalue weighted by atomic mass is 10.2. The maximum absolute atomic E-state index is 13.7. The molecule has 0 aliphatic carbocycles. The van der Waals surface area contributed by atoms with Crippen molar-refractivity contribution in [3.05, 3.63) is 0 Å². The van der Waals surface area contributed by atoms with E-state index in [-0.39, 0.29) is 6.42 Å². The number of halogens is 11. The highest BCUT2D eigenvalue weighted by Crippen LogP contribution is 2.50. The smallest absolute Gasteiger partial charge is 0.348 e. The Hall–Kier alpha value is -1.34. The average molecular weight is 385 g/mol. The lowest BCUT2D eigenvalue weighted by Gasteiger charge is -2.34. The van der Waals surface area contributed by atoms with Crippen LogP contribution in [0.15, 0.2) is 0 Å². The summed E-state index contributed by atoms with van der Waals surface area (Å²) in [6.45, 7) is 2.24. The molecule has 3 nitrogen and oxygen atoms in total. The SMILES string of the molecule is CC[C@H](C)NC(=O)[C@](F)(OC(F)(F)C(F)(F)C(F)(F)F)C(F)(F)F. The Morgan fingerprint density at radius 2 is 1.33 bits per heavy atom. The second kappa shape index (κ2) is 6.52. The molecule has 2 atom stereocenters. The highest BCUT2D eigenvalue weighted by Gasteiger charge is 2.79. The molecule has 24 heavy (non-hydrogen) atoms. The van der Waals surface area contributed by atoms with Crippen molar-refractivity contribution < 1.29 is 57.8 Å². The summed E-state index contributed by atoms with van der Waals surface area (Å²) in [5.74, 6) is -16.3. The number of carbonyl (C=O) groups excluding carboxylic acids is 1. The lowest BCUT2D eigenvalue weighted by Crippen LogP contribution is -2.64. The van der Waals surface area contributed by atoms with Gasteiger partial charge in [0.05, 0.1) is 0 Å². The van der Waals surface area contributed by atoms with Crippen LogP contribution >= 0.6 is 0 Å². The molecular formula is C10H10F11NO2. The summed E-state index contributed by atoms with van der Waals surface area (Å²) in [4.78, 5) is 11.1. The van der Waals surface area contributed by atoms with Gasteiger partial charge < -0.3 is 5.32 Å². The topological polar surface area (TPSA) is 38.3 Å². The van der Waals surface area contributed by atoms with Crippen molar-refractivity contribution in [2.24, 2.45) is 0 Å². The van der Waals surface area contributed by atoms with Gasteiger partial charge in [-0.2, -0.15) is 48.3 Å². The van der Waals surface area contributed by atoms with Crippen LogP contribution in [-0.2, 0) is 9.53 Å². The van der Waals surface area contributed by atoms with E-state index in [9.17, 15) is 53.1 Å². The molecule has 0 unspecified atom stereocenters. The summed E-state index contributed by atoms with van der Waals surface area (Å²) >= 11 is 0. The molecule has 144 valence electrons. The number of ether oxygens (including phenoxy) is 1. The van der Waals surface area contributed by atoms with E-state index >= 15 is 0 Å². The maximum Gasteiger partial charge on any atom is 0.462 e. The molecule has 14 heteroatoms. The molecule has 1 N–H and O–H groups in total. The molecule has 0 bridgehead atoms. The summed E-state index contributed by atoms with van der Waals surface area (Å²) in [7, 11) is 0. The second-order valence-corrected chi connectivity index (χ2v) is 4.57. The molecule has 0 heterocycles. The number of nitrogens with one attached hydrogen (secondary N) is 1. The molecule has 0 aromatic heterocycles. The van der Waals surface area contributed by atoms with Crippen LogP contribution in [0.4, 0.5) is 48.3 Å². The van der Waals surface area contributed by atoms with Gasteiger partial charge in [-0.1, -0.05) is 6.92 Å². The molecule has 0 saturated heterocycles. The van der Waals surface area contributed by atoms with Crippen LogP contribution in [0.2, 0.25) is 0 Å². The predicted octanol–water partition coefficient (Wildman–Crippen LogP) is 3.94. The number of hydrogen-bond acceptors (Lipinski definition) is 2. The molecule has 0 fully saturated rings. The van der Waals surface area contributed by atoms with E-state index in [1.807, 2.05) is 0 Å². The summed E-state index contributed by atoms with van der Waals surface area (Å²) in [6.07, 6.45) is -20.9. The van der Waals surface area contributed by atoms with E-state index in [1.54, 1.807) is 0 Å². The zero-order valence-electron chi connectivity index (χ0n) is 11.8. The Labute approximate surface area is 127 Å². The molecule has 0 spiro atoms. The van der Waals surface area contributed by atoms with Crippen molar-refractivity contribution in [1.29, 1.82) is 0 Å². The zero-order chi connectivity index (χ0) is 19.8. The third-order valence-corrected chi connectivity index (χ3v) is 2.64. The summed E-state index contributed by atoms with van der Waals surface area (Å²) in [6, 6.07) is -1.25. The van der Waals surface area contributed by atoms with E-state index in [0.717, 1.165) is 6.92 Å². The average Bonchev–Trinajstić information content (AvgIpc) is 2.34. The van der Waals surface area contributed by atoms with E-state index in [4.69, 9.17) is 0 Å². The Kier molecular flexibility index (Phi) is 6.15. The van der Waals surface area contributed by atoms with Crippen molar-refractivity contribution in [3.63, 3.8) is 0 Å². The molecule has 0 saturated carbocycles.